The van der Waals surface area contributed by atoms with Gasteiger partial charge in [0, 0.05) is 29.6 Å². The van der Waals surface area contributed by atoms with Gasteiger partial charge < -0.3 is 20.1 Å². The number of aromatic nitrogens is 2. The van der Waals surface area contributed by atoms with Crippen molar-refractivity contribution >= 4 is 22.6 Å². The molecule has 4 rings (SSSR count). The molecule has 1 heterocycles. The Morgan fingerprint density at radius 1 is 0.944 bits per heavy atom. The van der Waals surface area contributed by atoms with Gasteiger partial charge in [-0.25, -0.2) is 9.97 Å². The van der Waals surface area contributed by atoms with Crippen LogP contribution in [-0.4, -0.2) is 36.6 Å². The van der Waals surface area contributed by atoms with Crippen molar-refractivity contribution in [2.24, 2.45) is 0 Å². The van der Waals surface area contributed by atoms with E-state index in [0.717, 1.165) is 39.8 Å². The van der Waals surface area contributed by atoms with Crippen LogP contribution in [0.15, 0.2) is 60.7 Å². The Labute approximate surface area is 211 Å². The predicted molar refractivity (Wildman–Crippen MR) is 144 cm³/mol. The number of fused-ring (bicyclic) bond motifs is 1. The number of amides is 1. The van der Waals surface area contributed by atoms with E-state index < -0.39 is 0 Å². The van der Waals surface area contributed by atoms with Crippen LogP contribution in [0.1, 0.15) is 48.1 Å². The largest absolute Gasteiger partial charge is 0.493 e. The lowest BCUT2D eigenvalue weighted by atomic mass is 9.99. The summed E-state index contributed by atoms with van der Waals surface area (Å²) in [5.74, 6) is 2.61. The molecule has 7 nitrogen and oxygen atoms in total. The molecule has 0 aliphatic rings. The molecule has 2 N–H and O–H groups in total. The van der Waals surface area contributed by atoms with Gasteiger partial charge in [-0.3, -0.25) is 4.79 Å². The first-order valence-corrected chi connectivity index (χ1v) is 12.1. The van der Waals surface area contributed by atoms with E-state index in [9.17, 15) is 4.79 Å². The van der Waals surface area contributed by atoms with Crippen molar-refractivity contribution in [3.05, 3.63) is 77.6 Å². The van der Waals surface area contributed by atoms with Crippen molar-refractivity contribution in [1.82, 2.24) is 15.3 Å². The first-order chi connectivity index (χ1) is 17.4. The second kappa shape index (κ2) is 11.1. The molecule has 3 aromatic carbocycles. The standard InChI is InChI=1S/C29H32N4O3/c1-6-14-30-29(34)21-12-10-20(11-13-21)23-9-7-8-22(15-23)18(2)31-28-24-16-26(35-4)27(36-5)17-25(24)32-19(3)33-28/h7-13,15-18H,6,14H2,1-5H3,(H,30,34)(H,31,32,33). The lowest BCUT2D eigenvalue weighted by Crippen LogP contribution is -2.23. The Bertz CT molecular complexity index is 1370. The van der Waals surface area contributed by atoms with Gasteiger partial charge in [-0.15, -0.1) is 0 Å². The fraction of sp³-hybridized carbons (Fsp3) is 0.276. The molecule has 0 saturated heterocycles. The summed E-state index contributed by atoms with van der Waals surface area (Å²) in [6.45, 7) is 6.69. The Balaban J connectivity index is 1.59. The first kappa shape index (κ1) is 25.0. The van der Waals surface area contributed by atoms with E-state index in [0.29, 0.717) is 29.4 Å². The molecule has 0 aliphatic carbocycles. The third kappa shape index (κ3) is 5.40. The van der Waals surface area contributed by atoms with Crippen LogP contribution in [0.3, 0.4) is 0 Å². The zero-order chi connectivity index (χ0) is 25.7. The smallest absolute Gasteiger partial charge is 0.251 e. The number of anilines is 1. The van der Waals surface area contributed by atoms with E-state index in [2.05, 4.69) is 45.7 Å². The minimum absolute atomic E-state index is 0.0189. The maximum atomic E-state index is 12.2. The Morgan fingerprint density at radius 3 is 2.36 bits per heavy atom. The van der Waals surface area contributed by atoms with E-state index >= 15 is 0 Å². The number of carbonyl (C=O) groups excluding carboxylic acids is 1. The van der Waals surface area contributed by atoms with Gasteiger partial charge in [0.15, 0.2) is 11.5 Å². The second-order valence-electron chi connectivity index (χ2n) is 8.67. The Morgan fingerprint density at radius 2 is 1.67 bits per heavy atom. The third-order valence-corrected chi connectivity index (χ3v) is 6.07. The summed E-state index contributed by atoms with van der Waals surface area (Å²) in [7, 11) is 3.23. The van der Waals surface area contributed by atoms with Crippen molar-refractivity contribution in [1.29, 1.82) is 0 Å². The Hall–Kier alpha value is -4.13. The number of nitrogens with zero attached hydrogens (tertiary/aromatic N) is 2. The minimum Gasteiger partial charge on any atom is -0.493 e. The number of methoxy groups -OCH3 is 2. The second-order valence-corrected chi connectivity index (χ2v) is 8.67. The molecule has 0 radical (unpaired) electrons. The summed E-state index contributed by atoms with van der Waals surface area (Å²) < 4.78 is 10.9. The zero-order valence-electron chi connectivity index (χ0n) is 21.4. The van der Waals surface area contributed by atoms with E-state index in [1.54, 1.807) is 14.2 Å². The maximum Gasteiger partial charge on any atom is 0.251 e. The number of hydrogen-bond acceptors (Lipinski definition) is 6. The van der Waals surface area contributed by atoms with Crippen LogP contribution in [0.5, 0.6) is 11.5 Å². The number of ether oxygens (including phenoxy) is 2. The lowest BCUT2D eigenvalue weighted by Gasteiger charge is -2.18. The van der Waals surface area contributed by atoms with Crippen LogP contribution in [0, 0.1) is 6.92 Å². The highest BCUT2D eigenvalue weighted by Crippen LogP contribution is 2.35. The van der Waals surface area contributed by atoms with Gasteiger partial charge >= 0.3 is 0 Å². The average molecular weight is 485 g/mol. The molecule has 4 aromatic rings. The average Bonchev–Trinajstić information content (AvgIpc) is 2.91. The van der Waals surface area contributed by atoms with Crippen molar-refractivity contribution in [3.8, 4) is 22.6 Å². The molecule has 36 heavy (non-hydrogen) atoms. The number of rotatable bonds is 9. The van der Waals surface area contributed by atoms with E-state index in [1.165, 1.54) is 0 Å². The summed E-state index contributed by atoms with van der Waals surface area (Å²) in [5, 5.41) is 7.32. The Kier molecular flexibility index (Phi) is 7.68. The lowest BCUT2D eigenvalue weighted by molar-refractivity contribution is 0.0953. The number of hydrogen-bond donors (Lipinski definition) is 2. The maximum absolute atomic E-state index is 12.2. The van der Waals surface area contributed by atoms with E-state index in [-0.39, 0.29) is 11.9 Å². The number of nitrogens with one attached hydrogen (secondary N) is 2. The molecule has 0 spiro atoms. The highest BCUT2D eigenvalue weighted by Gasteiger charge is 2.15. The quantitative estimate of drug-likeness (QED) is 0.306. The van der Waals surface area contributed by atoms with Gasteiger partial charge in [0.1, 0.15) is 11.6 Å². The van der Waals surface area contributed by atoms with E-state index in [4.69, 9.17) is 9.47 Å². The van der Waals surface area contributed by atoms with Gasteiger partial charge in [0.25, 0.3) is 5.91 Å². The summed E-state index contributed by atoms with van der Waals surface area (Å²) >= 11 is 0. The van der Waals surface area contributed by atoms with Crippen molar-refractivity contribution in [2.75, 3.05) is 26.1 Å². The monoisotopic (exact) mass is 484 g/mol. The van der Waals surface area contributed by atoms with Crippen molar-refractivity contribution in [2.45, 2.75) is 33.2 Å². The molecule has 7 heteroatoms. The summed E-state index contributed by atoms with van der Waals surface area (Å²) in [6.07, 6.45) is 0.912. The van der Waals surface area contributed by atoms with Crippen LogP contribution < -0.4 is 20.1 Å². The summed E-state index contributed by atoms with van der Waals surface area (Å²) in [5.41, 5.74) is 4.69. The van der Waals surface area contributed by atoms with Crippen LogP contribution in [0.4, 0.5) is 5.82 Å². The molecule has 1 aromatic heterocycles. The molecule has 186 valence electrons. The molecule has 0 aliphatic heterocycles. The predicted octanol–water partition coefficient (Wildman–Crippen LogP) is 5.94. The molecule has 1 amide bonds. The summed E-state index contributed by atoms with van der Waals surface area (Å²) in [4.78, 5) is 21.5. The first-order valence-electron chi connectivity index (χ1n) is 12.1. The molecule has 1 unspecified atom stereocenters. The third-order valence-electron chi connectivity index (χ3n) is 6.07. The number of carbonyl (C=O) groups is 1. The molecular weight excluding hydrogens is 452 g/mol. The van der Waals surface area contributed by atoms with E-state index in [1.807, 2.05) is 56.3 Å². The SMILES string of the molecule is CCCNC(=O)c1ccc(-c2cccc(C(C)Nc3nc(C)nc4cc(OC)c(OC)cc34)c2)cc1. The fourth-order valence-corrected chi connectivity index (χ4v) is 4.11. The van der Waals surface area contributed by atoms with Gasteiger partial charge in [-0.05, 0) is 61.2 Å². The normalized spacial score (nSPS) is 11.7. The molecule has 0 bridgehead atoms. The topological polar surface area (TPSA) is 85.4 Å². The van der Waals surface area contributed by atoms with Crippen molar-refractivity contribution < 1.29 is 14.3 Å². The zero-order valence-corrected chi connectivity index (χ0v) is 21.4. The van der Waals surface area contributed by atoms with Gasteiger partial charge in [0.05, 0.1) is 19.7 Å². The van der Waals surface area contributed by atoms with Gasteiger partial charge in [0.2, 0.25) is 0 Å². The summed E-state index contributed by atoms with van der Waals surface area (Å²) in [6, 6.07) is 19.8. The molecule has 0 fully saturated rings. The van der Waals surface area contributed by atoms with Gasteiger partial charge in [-0.1, -0.05) is 37.3 Å². The minimum atomic E-state index is -0.0448. The molecule has 0 saturated carbocycles. The van der Waals surface area contributed by atoms with Crippen LogP contribution in [-0.2, 0) is 0 Å². The number of benzene rings is 3. The highest BCUT2D eigenvalue weighted by molar-refractivity contribution is 5.94. The van der Waals surface area contributed by atoms with Crippen LogP contribution in [0.25, 0.3) is 22.0 Å². The number of aryl methyl sites for hydroxylation is 1. The molecule has 1 atom stereocenters. The van der Waals surface area contributed by atoms with Gasteiger partial charge in [-0.2, -0.15) is 0 Å². The van der Waals surface area contributed by atoms with Crippen molar-refractivity contribution in [3.63, 3.8) is 0 Å². The fourth-order valence-electron chi connectivity index (χ4n) is 4.11. The highest BCUT2D eigenvalue weighted by atomic mass is 16.5. The molecular formula is C29H32N4O3. The van der Waals surface area contributed by atoms with Crippen LogP contribution in [0.2, 0.25) is 0 Å². The van der Waals surface area contributed by atoms with Crippen LogP contribution >= 0.6 is 0 Å².